The molecule has 1 rings (SSSR count). The van der Waals surface area contributed by atoms with Gasteiger partial charge in [0.1, 0.15) is 12.4 Å². The van der Waals surface area contributed by atoms with Crippen LogP contribution in [0.3, 0.4) is 0 Å². The lowest BCUT2D eigenvalue weighted by atomic mass is 10.2. The number of halogens is 3. The topological polar surface area (TPSA) is 9.23 Å². The van der Waals surface area contributed by atoms with Gasteiger partial charge < -0.3 is 4.74 Å². The van der Waals surface area contributed by atoms with Crippen LogP contribution in [-0.2, 0) is 0 Å². The Balaban J connectivity index is 2.55. The maximum absolute atomic E-state index is 13.0. The van der Waals surface area contributed by atoms with Crippen molar-refractivity contribution in [1.82, 2.24) is 0 Å². The average molecular weight is 406 g/mol. The maximum Gasteiger partial charge on any atom is 0.243 e. The molecule has 0 saturated heterocycles. The van der Waals surface area contributed by atoms with E-state index in [9.17, 15) is 4.39 Å². The molecule has 13 heavy (non-hydrogen) atoms. The van der Waals surface area contributed by atoms with Crippen LogP contribution in [0.5, 0.6) is 5.75 Å². The van der Waals surface area contributed by atoms with Gasteiger partial charge in [-0.15, -0.1) is 0 Å². The molecule has 0 atom stereocenters. The van der Waals surface area contributed by atoms with E-state index in [0.29, 0.717) is 0 Å². The summed E-state index contributed by atoms with van der Waals surface area (Å²) in [4.78, 5) is 0. The lowest BCUT2D eigenvalue weighted by Gasteiger charge is -2.12. The van der Waals surface area contributed by atoms with Gasteiger partial charge in [-0.25, -0.2) is 4.39 Å². The molecule has 0 saturated carbocycles. The van der Waals surface area contributed by atoms with E-state index in [1.165, 1.54) is 0 Å². The standard InChI is InChI=1S/C9H9FI2O/c1-7-3-2-4-8(5-7)13-6-9(10,11)12/h2-5H,6H2,1H3. The molecule has 0 unspecified atom stereocenters. The second-order valence-corrected chi connectivity index (χ2v) is 8.20. The Kier molecular flexibility index (Phi) is 4.21. The van der Waals surface area contributed by atoms with Crippen LogP contribution in [0.25, 0.3) is 0 Å². The molecule has 0 radical (unpaired) electrons. The van der Waals surface area contributed by atoms with Crippen molar-refractivity contribution in [3.8, 4) is 5.75 Å². The summed E-state index contributed by atoms with van der Waals surface area (Å²) in [6.45, 7) is 2.04. The molecule has 0 amide bonds. The minimum atomic E-state index is -1.33. The molecule has 0 N–H and O–H groups in total. The summed E-state index contributed by atoms with van der Waals surface area (Å²) in [5, 5.41) is 0. The van der Waals surface area contributed by atoms with Crippen LogP contribution in [0.4, 0.5) is 4.39 Å². The van der Waals surface area contributed by atoms with Gasteiger partial charge in [-0.2, -0.15) is 0 Å². The fraction of sp³-hybridized carbons (Fsp3) is 0.333. The molecule has 72 valence electrons. The van der Waals surface area contributed by atoms with Gasteiger partial charge >= 0.3 is 0 Å². The monoisotopic (exact) mass is 406 g/mol. The summed E-state index contributed by atoms with van der Waals surface area (Å²) in [5.41, 5.74) is 1.11. The molecule has 0 bridgehead atoms. The third-order valence-electron chi connectivity index (χ3n) is 1.39. The first-order valence-corrected chi connectivity index (χ1v) is 5.89. The van der Waals surface area contributed by atoms with Crippen LogP contribution in [0, 0.1) is 6.92 Å². The quantitative estimate of drug-likeness (QED) is 0.548. The molecular formula is C9H9FI2O. The van der Waals surface area contributed by atoms with Crippen molar-refractivity contribution in [1.29, 1.82) is 0 Å². The third-order valence-corrected chi connectivity index (χ3v) is 2.01. The van der Waals surface area contributed by atoms with E-state index < -0.39 is 1.68 Å². The fourth-order valence-electron chi connectivity index (χ4n) is 0.870. The number of rotatable bonds is 3. The lowest BCUT2D eigenvalue weighted by molar-refractivity contribution is 0.253. The predicted molar refractivity (Wildman–Crippen MR) is 68.6 cm³/mol. The second kappa shape index (κ2) is 4.77. The number of hydrogen-bond donors (Lipinski definition) is 0. The summed E-state index contributed by atoms with van der Waals surface area (Å²) >= 11 is 3.41. The Bertz CT molecular complexity index is 283. The van der Waals surface area contributed by atoms with Gasteiger partial charge in [0.05, 0.1) is 0 Å². The first kappa shape index (κ1) is 11.5. The highest BCUT2D eigenvalue weighted by Crippen LogP contribution is 2.29. The number of alkyl halides is 3. The molecule has 0 fully saturated rings. The van der Waals surface area contributed by atoms with Crippen LogP contribution in [-0.4, -0.2) is 8.29 Å². The van der Waals surface area contributed by atoms with Crippen molar-refractivity contribution in [2.45, 2.75) is 8.61 Å². The van der Waals surface area contributed by atoms with Crippen molar-refractivity contribution < 1.29 is 9.13 Å². The molecule has 1 aromatic carbocycles. The van der Waals surface area contributed by atoms with Crippen molar-refractivity contribution in [2.24, 2.45) is 0 Å². The zero-order valence-corrected chi connectivity index (χ0v) is 11.4. The van der Waals surface area contributed by atoms with Gasteiger partial charge in [0.2, 0.25) is 1.68 Å². The van der Waals surface area contributed by atoms with E-state index in [-0.39, 0.29) is 6.61 Å². The summed E-state index contributed by atoms with van der Waals surface area (Å²) in [5.74, 6) is 0.718. The van der Waals surface area contributed by atoms with Gasteiger partial charge in [0, 0.05) is 0 Å². The van der Waals surface area contributed by atoms with E-state index in [1.54, 1.807) is 45.2 Å². The number of benzene rings is 1. The molecule has 0 aliphatic rings. The smallest absolute Gasteiger partial charge is 0.243 e. The van der Waals surface area contributed by atoms with Gasteiger partial charge in [0.15, 0.2) is 0 Å². The van der Waals surface area contributed by atoms with Crippen LogP contribution in [0.15, 0.2) is 24.3 Å². The van der Waals surface area contributed by atoms with Gasteiger partial charge in [-0.3, -0.25) is 0 Å². The van der Waals surface area contributed by atoms with Gasteiger partial charge in [-0.1, -0.05) is 12.1 Å². The minimum Gasteiger partial charge on any atom is -0.489 e. The first-order valence-electron chi connectivity index (χ1n) is 3.73. The molecule has 0 aliphatic heterocycles. The number of ether oxygens (including phenoxy) is 1. The van der Waals surface area contributed by atoms with Crippen LogP contribution < -0.4 is 4.74 Å². The lowest BCUT2D eigenvalue weighted by Crippen LogP contribution is -2.14. The van der Waals surface area contributed by atoms with Crippen molar-refractivity contribution in [3.63, 3.8) is 0 Å². The van der Waals surface area contributed by atoms with Crippen LogP contribution >= 0.6 is 45.2 Å². The molecule has 0 aromatic heterocycles. The zero-order valence-electron chi connectivity index (χ0n) is 7.06. The first-order chi connectivity index (χ1) is 5.97. The van der Waals surface area contributed by atoms with Gasteiger partial charge in [0.25, 0.3) is 0 Å². The highest BCUT2D eigenvalue weighted by molar-refractivity contribution is 14.2. The second-order valence-electron chi connectivity index (χ2n) is 2.72. The SMILES string of the molecule is Cc1cccc(OCC(F)(I)I)c1. The highest BCUT2D eigenvalue weighted by atomic mass is 127. The Morgan fingerprint density at radius 1 is 1.46 bits per heavy atom. The maximum atomic E-state index is 13.0. The minimum absolute atomic E-state index is 0.0670. The zero-order chi connectivity index (χ0) is 9.90. The molecule has 0 aliphatic carbocycles. The number of aryl methyl sites for hydroxylation is 1. The van der Waals surface area contributed by atoms with E-state index in [2.05, 4.69) is 0 Å². The third kappa shape index (κ3) is 4.99. The van der Waals surface area contributed by atoms with Crippen molar-refractivity contribution in [3.05, 3.63) is 29.8 Å². The molecule has 0 spiro atoms. The molecule has 0 heterocycles. The normalized spacial score (nSPS) is 11.4. The van der Waals surface area contributed by atoms with Crippen molar-refractivity contribution >= 4 is 45.2 Å². The Morgan fingerprint density at radius 3 is 2.69 bits per heavy atom. The number of hydrogen-bond acceptors (Lipinski definition) is 1. The fourth-order valence-corrected chi connectivity index (χ4v) is 1.18. The Hall–Kier alpha value is 0.410. The summed E-state index contributed by atoms with van der Waals surface area (Å²) in [6.07, 6.45) is 0. The average Bonchev–Trinajstić information content (AvgIpc) is 2.00. The summed E-state index contributed by atoms with van der Waals surface area (Å²) < 4.78 is 17.0. The van der Waals surface area contributed by atoms with E-state index >= 15 is 0 Å². The van der Waals surface area contributed by atoms with E-state index in [4.69, 9.17) is 4.74 Å². The highest BCUT2D eigenvalue weighted by Gasteiger charge is 2.21. The molecule has 1 aromatic rings. The van der Waals surface area contributed by atoms with Gasteiger partial charge in [-0.05, 0) is 69.8 Å². The van der Waals surface area contributed by atoms with E-state index in [1.807, 2.05) is 31.2 Å². The Morgan fingerprint density at radius 2 is 2.15 bits per heavy atom. The Labute approximate surface area is 104 Å². The predicted octanol–water partition coefficient (Wildman–Crippen LogP) is 3.87. The largest absolute Gasteiger partial charge is 0.489 e. The van der Waals surface area contributed by atoms with Crippen molar-refractivity contribution in [2.75, 3.05) is 6.61 Å². The molecular weight excluding hydrogens is 397 g/mol. The molecule has 1 nitrogen and oxygen atoms in total. The summed E-state index contributed by atoms with van der Waals surface area (Å²) in [7, 11) is 0. The van der Waals surface area contributed by atoms with Crippen LogP contribution in [0.1, 0.15) is 5.56 Å². The summed E-state index contributed by atoms with van der Waals surface area (Å²) in [6, 6.07) is 7.58. The van der Waals surface area contributed by atoms with E-state index in [0.717, 1.165) is 11.3 Å². The van der Waals surface area contributed by atoms with Crippen LogP contribution in [0.2, 0.25) is 0 Å². The molecule has 4 heteroatoms.